The van der Waals surface area contributed by atoms with Crippen molar-refractivity contribution in [3.8, 4) is 0 Å². The Balaban J connectivity index is 2.12. The second kappa shape index (κ2) is 4.72. The van der Waals surface area contributed by atoms with Gasteiger partial charge in [-0.15, -0.1) is 0 Å². The summed E-state index contributed by atoms with van der Waals surface area (Å²) in [4.78, 5) is 11.9. The molecule has 1 N–H and O–H groups in total. The zero-order valence-electron chi connectivity index (χ0n) is 9.85. The maximum atomic E-state index is 11.9. The molecular formula is C14H16O3. The van der Waals surface area contributed by atoms with Crippen LogP contribution < -0.4 is 0 Å². The summed E-state index contributed by atoms with van der Waals surface area (Å²) in [6.45, 7) is 1.46. The zero-order chi connectivity index (χ0) is 12.3. The van der Waals surface area contributed by atoms with Gasteiger partial charge in [0.1, 0.15) is 5.76 Å². The van der Waals surface area contributed by atoms with Gasteiger partial charge in [-0.2, -0.15) is 0 Å². The lowest BCUT2D eigenvalue weighted by atomic mass is 9.96. The first kappa shape index (κ1) is 11.9. The van der Waals surface area contributed by atoms with Gasteiger partial charge in [-0.25, -0.2) is 4.79 Å². The maximum absolute atomic E-state index is 11.9. The SMILES string of the molecule is CC(O)(C(=O)OC1=CCCC1)c1ccccc1. The molecule has 0 radical (unpaired) electrons. The Morgan fingerprint density at radius 3 is 2.65 bits per heavy atom. The van der Waals surface area contributed by atoms with Crippen LogP contribution in [0, 0.1) is 0 Å². The van der Waals surface area contributed by atoms with Crippen LogP contribution in [0.5, 0.6) is 0 Å². The van der Waals surface area contributed by atoms with E-state index in [1.807, 2.05) is 12.1 Å². The topological polar surface area (TPSA) is 46.5 Å². The molecule has 0 spiro atoms. The molecule has 1 atom stereocenters. The molecule has 1 aliphatic rings. The molecule has 0 aromatic heterocycles. The molecule has 0 amide bonds. The summed E-state index contributed by atoms with van der Waals surface area (Å²) in [5.41, 5.74) is -1.05. The number of hydrogen-bond donors (Lipinski definition) is 1. The monoisotopic (exact) mass is 232 g/mol. The fourth-order valence-electron chi connectivity index (χ4n) is 1.83. The minimum Gasteiger partial charge on any atom is -0.429 e. The van der Waals surface area contributed by atoms with Crippen LogP contribution in [0.1, 0.15) is 31.7 Å². The molecule has 0 saturated heterocycles. The number of aliphatic hydroxyl groups is 1. The highest BCUT2D eigenvalue weighted by Crippen LogP contribution is 2.26. The average Bonchev–Trinajstić information content (AvgIpc) is 2.83. The van der Waals surface area contributed by atoms with Crippen LogP contribution in [-0.2, 0) is 15.1 Å². The van der Waals surface area contributed by atoms with Crippen molar-refractivity contribution in [1.29, 1.82) is 0 Å². The van der Waals surface area contributed by atoms with Crippen molar-refractivity contribution in [2.24, 2.45) is 0 Å². The van der Waals surface area contributed by atoms with E-state index in [-0.39, 0.29) is 0 Å². The minimum atomic E-state index is -1.59. The first-order chi connectivity index (χ1) is 8.10. The molecule has 0 saturated carbocycles. The third-order valence-corrected chi connectivity index (χ3v) is 2.96. The summed E-state index contributed by atoms with van der Waals surface area (Å²) in [6, 6.07) is 8.83. The molecule has 0 bridgehead atoms. The molecule has 1 aromatic rings. The zero-order valence-corrected chi connectivity index (χ0v) is 9.85. The summed E-state index contributed by atoms with van der Waals surface area (Å²) in [5, 5.41) is 10.2. The maximum Gasteiger partial charge on any atom is 0.347 e. The van der Waals surface area contributed by atoms with Crippen LogP contribution in [0.2, 0.25) is 0 Å². The van der Waals surface area contributed by atoms with Gasteiger partial charge in [0, 0.05) is 6.42 Å². The van der Waals surface area contributed by atoms with Crippen molar-refractivity contribution in [3.63, 3.8) is 0 Å². The van der Waals surface area contributed by atoms with Gasteiger partial charge in [0.2, 0.25) is 0 Å². The third-order valence-electron chi connectivity index (χ3n) is 2.96. The third kappa shape index (κ3) is 2.56. The Labute approximate surface area is 101 Å². The Morgan fingerprint density at radius 2 is 2.06 bits per heavy atom. The smallest absolute Gasteiger partial charge is 0.347 e. The fraction of sp³-hybridized carbons (Fsp3) is 0.357. The summed E-state index contributed by atoms with van der Waals surface area (Å²) < 4.78 is 5.20. The number of benzene rings is 1. The van der Waals surface area contributed by atoms with Gasteiger partial charge in [-0.05, 0) is 31.4 Å². The summed E-state index contributed by atoms with van der Waals surface area (Å²) in [5.74, 6) is 0.0584. The number of hydrogen-bond acceptors (Lipinski definition) is 3. The van der Waals surface area contributed by atoms with Crippen LogP contribution in [0.25, 0.3) is 0 Å². The van der Waals surface area contributed by atoms with Crippen molar-refractivity contribution in [1.82, 2.24) is 0 Å². The molecule has 0 heterocycles. The van der Waals surface area contributed by atoms with Crippen LogP contribution in [0.4, 0.5) is 0 Å². The van der Waals surface area contributed by atoms with Gasteiger partial charge < -0.3 is 9.84 Å². The van der Waals surface area contributed by atoms with Crippen LogP contribution >= 0.6 is 0 Å². The molecule has 3 heteroatoms. The van der Waals surface area contributed by atoms with Crippen molar-refractivity contribution >= 4 is 5.97 Å². The van der Waals surface area contributed by atoms with E-state index in [0.29, 0.717) is 11.3 Å². The van der Waals surface area contributed by atoms with E-state index in [0.717, 1.165) is 19.3 Å². The number of rotatable bonds is 3. The van der Waals surface area contributed by atoms with E-state index in [4.69, 9.17) is 4.74 Å². The second-order valence-corrected chi connectivity index (χ2v) is 4.39. The van der Waals surface area contributed by atoms with E-state index in [1.54, 1.807) is 24.3 Å². The predicted molar refractivity (Wildman–Crippen MR) is 64.0 cm³/mol. The van der Waals surface area contributed by atoms with Crippen molar-refractivity contribution in [3.05, 3.63) is 47.7 Å². The Morgan fingerprint density at radius 1 is 1.35 bits per heavy atom. The number of carbonyl (C=O) groups is 1. The Kier molecular flexibility index (Phi) is 3.29. The summed E-state index contributed by atoms with van der Waals surface area (Å²) >= 11 is 0. The Bertz CT molecular complexity index is 432. The summed E-state index contributed by atoms with van der Waals surface area (Å²) in [6.07, 6.45) is 4.63. The van der Waals surface area contributed by atoms with Gasteiger partial charge in [0.25, 0.3) is 0 Å². The van der Waals surface area contributed by atoms with Crippen molar-refractivity contribution in [2.75, 3.05) is 0 Å². The van der Waals surface area contributed by atoms with Crippen LogP contribution in [0.3, 0.4) is 0 Å². The van der Waals surface area contributed by atoms with Crippen LogP contribution in [0.15, 0.2) is 42.2 Å². The highest BCUT2D eigenvalue weighted by atomic mass is 16.6. The lowest BCUT2D eigenvalue weighted by Gasteiger charge is -2.21. The molecular weight excluding hydrogens is 216 g/mol. The quantitative estimate of drug-likeness (QED) is 0.814. The average molecular weight is 232 g/mol. The van der Waals surface area contributed by atoms with Gasteiger partial charge in [0.15, 0.2) is 5.60 Å². The minimum absolute atomic E-state index is 0.545. The van der Waals surface area contributed by atoms with Crippen molar-refractivity contribution < 1.29 is 14.6 Å². The lowest BCUT2D eigenvalue weighted by molar-refractivity contribution is -0.160. The lowest BCUT2D eigenvalue weighted by Crippen LogP contribution is -2.33. The molecule has 0 fully saturated rings. The number of allylic oxidation sites excluding steroid dienone is 2. The number of carbonyl (C=O) groups excluding carboxylic acids is 1. The van der Waals surface area contributed by atoms with Crippen molar-refractivity contribution in [2.45, 2.75) is 31.8 Å². The van der Waals surface area contributed by atoms with Crippen LogP contribution in [-0.4, -0.2) is 11.1 Å². The van der Waals surface area contributed by atoms with E-state index >= 15 is 0 Å². The highest BCUT2D eigenvalue weighted by molar-refractivity contribution is 5.81. The Hall–Kier alpha value is -1.61. The molecule has 17 heavy (non-hydrogen) atoms. The molecule has 0 aliphatic heterocycles. The standard InChI is InChI=1S/C14H16O3/c1-14(16,11-7-3-2-4-8-11)13(15)17-12-9-5-6-10-12/h2-4,7-9,16H,5-6,10H2,1H3. The molecule has 1 unspecified atom stereocenters. The van der Waals surface area contributed by atoms with E-state index in [2.05, 4.69) is 0 Å². The summed E-state index contributed by atoms with van der Waals surface area (Å²) in [7, 11) is 0. The molecule has 1 aliphatic carbocycles. The van der Waals surface area contributed by atoms with E-state index in [1.165, 1.54) is 6.92 Å². The van der Waals surface area contributed by atoms with Gasteiger partial charge in [0.05, 0.1) is 0 Å². The van der Waals surface area contributed by atoms with Gasteiger partial charge in [-0.3, -0.25) is 0 Å². The number of esters is 1. The molecule has 3 nitrogen and oxygen atoms in total. The first-order valence-corrected chi connectivity index (χ1v) is 5.80. The molecule has 1 aromatic carbocycles. The van der Waals surface area contributed by atoms with Gasteiger partial charge in [-0.1, -0.05) is 30.3 Å². The van der Waals surface area contributed by atoms with E-state index in [9.17, 15) is 9.90 Å². The molecule has 2 rings (SSSR count). The highest BCUT2D eigenvalue weighted by Gasteiger charge is 2.35. The largest absolute Gasteiger partial charge is 0.429 e. The fourth-order valence-corrected chi connectivity index (χ4v) is 1.83. The predicted octanol–water partition coefficient (Wildman–Crippen LogP) is 2.51. The first-order valence-electron chi connectivity index (χ1n) is 5.80. The molecule has 90 valence electrons. The van der Waals surface area contributed by atoms with Gasteiger partial charge >= 0.3 is 5.97 Å². The normalized spacial score (nSPS) is 18.4. The second-order valence-electron chi connectivity index (χ2n) is 4.39. The number of ether oxygens (including phenoxy) is 1. The van der Waals surface area contributed by atoms with E-state index < -0.39 is 11.6 Å².